The molecule has 8 heteroatoms. The molecule has 146 valence electrons. The lowest BCUT2D eigenvalue weighted by molar-refractivity contribution is 0.102. The first kappa shape index (κ1) is 18.9. The van der Waals surface area contributed by atoms with Crippen LogP contribution < -0.4 is 0 Å². The van der Waals surface area contributed by atoms with E-state index in [1.54, 1.807) is 28.9 Å². The van der Waals surface area contributed by atoms with Crippen molar-refractivity contribution < 1.29 is 9.90 Å². The Labute approximate surface area is 172 Å². The van der Waals surface area contributed by atoms with Gasteiger partial charge in [0.25, 0.3) is 0 Å². The van der Waals surface area contributed by atoms with Gasteiger partial charge in [-0.05, 0) is 66.7 Å². The number of thioether (sulfide) groups is 1. The van der Waals surface area contributed by atoms with Crippen molar-refractivity contribution in [1.82, 2.24) is 24.8 Å². The summed E-state index contributed by atoms with van der Waals surface area (Å²) < 4.78 is 3.63. The molecule has 0 saturated heterocycles. The van der Waals surface area contributed by atoms with Crippen LogP contribution in [0.4, 0.5) is 0 Å². The second-order valence-corrected chi connectivity index (χ2v) is 7.50. The van der Waals surface area contributed by atoms with E-state index in [9.17, 15) is 9.90 Å². The summed E-state index contributed by atoms with van der Waals surface area (Å²) in [5.41, 5.74) is 4.37. The Morgan fingerprint density at radius 2 is 1.76 bits per heavy atom. The monoisotopic (exact) mass is 405 g/mol. The van der Waals surface area contributed by atoms with E-state index in [0.717, 1.165) is 17.1 Å². The molecule has 0 fully saturated rings. The average molecular weight is 405 g/mol. The van der Waals surface area contributed by atoms with E-state index in [1.165, 1.54) is 11.8 Å². The Morgan fingerprint density at radius 1 is 1.03 bits per heavy atom. The lowest BCUT2D eigenvalue weighted by Crippen LogP contribution is -2.07. The maximum atomic E-state index is 12.9. The van der Waals surface area contributed by atoms with E-state index in [2.05, 4.69) is 20.1 Å². The molecule has 0 aliphatic rings. The number of benzene rings is 2. The van der Waals surface area contributed by atoms with Gasteiger partial charge in [0.05, 0.1) is 11.4 Å². The largest absolute Gasteiger partial charge is 0.508 e. The summed E-state index contributed by atoms with van der Waals surface area (Å²) in [5, 5.41) is 21.7. The third-order valence-electron chi connectivity index (χ3n) is 4.61. The number of carbonyl (C=O) groups excluding carboxylic acids is 1. The zero-order chi connectivity index (χ0) is 20.4. The highest BCUT2D eigenvalue weighted by Gasteiger charge is 2.18. The predicted octanol–water partition coefficient (Wildman–Crippen LogP) is 3.75. The molecule has 2 aromatic heterocycles. The summed E-state index contributed by atoms with van der Waals surface area (Å²) in [4.78, 5) is 12.9. The van der Waals surface area contributed by atoms with Crippen LogP contribution in [0.25, 0.3) is 11.4 Å². The predicted molar refractivity (Wildman–Crippen MR) is 111 cm³/mol. The molecule has 29 heavy (non-hydrogen) atoms. The summed E-state index contributed by atoms with van der Waals surface area (Å²) in [6.45, 7) is 3.95. The van der Waals surface area contributed by atoms with E-state index in [4.69, 9.17) is 0 Å². The van der Waals surface area contributed by atoms with Crippen LogP contribution in [0, 0.1) is 13.8 Å². The number of hydrogen-bond donors (Lipinski definition) is 1. The number of nitrogens with zero attached hydrogens (tertiary/aromatic N) is 5. The third kappa shape index (κ3) is 3.79. The maximum Gasteiger partial charge on any atom is 0.214 e. The zero-order valence-corrected chi connectivity index (χ0v) is 16.8. The number of para-hydroxylation sites is 1. The summed E-state index contributed by atoms with van der Waals surface area (Å²) in [5.74, 6) is 0.405. The molecule has 0 amide bonds. The number of tetrazole rings is 1. The average Bonchev–Trinajstić information content (AvgIpc) is 3.31. The number of ketones is 1. The molecule has 0 aliphatic heterocycles. The lowest BCUT2D eigenvalue weighted by atomic mass is 10.2. The topological polar surface area (TPSA) is 85.8 Å². The van der Waals surface area contributed by atoms with Gasteiger partial charge in [-0.15, -0.1) is 5.10 Å². The van der Waals surface area contributed by atoms with Gasteiger partial charge in [0, 0.05) is 22.6 Å². The first-order chi connectivity index (χ1) is 14.0. The third-order valence-corrected chi connectivity index (χ3v) is 5.53. The molecule has 2 aromatic carbocycles. The van der Waals surface area contributed by atoms with Crippen molar-refractivity contribution >= 4 is 17.5 Å². The van der Waals surface area contributed by atoms with Crippen LogP contribution in [-0.4, -0.2) is 41.4 Å². The van der Waals surface area contributed by atoms with Gasteiger partial charge >= 0.3 is 0 Å². The van der Waals surface area contributed by atoms with Gasteiger partial charge in [0.1, 0.15) is 5.75 Å². The number of phenols is 1. The Balaban J connectivity index is 1.53. The van der Waals surface area contributed by atoms with Gasteiger partial charge in [0.2, 0.25) is 5.16 Å². The normalized spacial score (nSPS) is 11.0. The molecule has 0 unspecified atom stereocenters. The van der Waals surface area contributed by atoms with E-state index >= 15 is 0 Å². The number of aromatic nitrogens is 5. The molecule has 0 saturated carbocycles. The summed E-state index contributed by atoms with van der Waals surface area (Å²) in [7, 11) is 0. The highest BCUT2D eigenvalue weighted by Crippen LogP contribution is 2.24. The number of rotatable bonds is 6. The van der Waals surface area contributed by atoms with Crippen molar-refractivity contribution in [3.05, 3.63) is 77.6 Å². The highest BCUT2D eigenvalue weighted by molar-refractivity contribution is 7.99. The fourth-order valence-electron chi connectivity index (χ4n) is 3.25. The molecule has 0 spiro atoms. The first-order valence-electron chi connectivity index (χ1n) is 9.03. The highest BCUT2D eigenvalue weighted by atomic mass is 32.2. The Kier molecular flexibility index (Phi) is 5.18. The molecule has 2 heterocycles. The number of hydrogen-bond acceptors (Lipinski definition) is 6. The second-order valence-electron chi connectivity index (χ2n) is 6.56. The van der Waals surface area contributed by atoms with Crippen LogP contribution in [0.2, 0.25) is 0 Å². The molecule has 0 radical (unpaired) electrons. The lowest BCUT2D eigenvalue weighted by Gasteiger charge is -2.09. The van der Waals surface area contributed by atoms with Crippen LogP contribution >= 0.6 is 11.8 Å². The number of aromatic hydroxyl groups is 1. The molecule has 0 atom stereocenters. The zero-order valence-electron chi connectivity index (χ0n) is 16.0. The van der Waals surface area contributed by atoms with Crippen LogP contribution in [0.5, 0.6) is 5.75 Å². The molecule has 1 N–H and O–H groups in total. The van der Waals surface area contributed by atoms with Crippen LogP contribution in [0.15, 0.2) is 65.8 Å². The quantitative estimate of drug-likeness (QED) is 0.388. The van der Waals surface area contributed by atoms with Crippen LogP contribution in [0.3, 0.4) is 0 Å². The molecule has 4 rings (SSSR count). The minimum Gasteiger partial charge on any atom is -0.508 e. The van der Waals surface area contributed by atoms with E-state index in [-0.39, 0.29) is 17.3 Å². The fraction of sp³-hybridized carbons (Fsp3) is 0.143. The van der Waals surface area contributed by atoms with E-state index in [0.29, 0.717) is 16.4 Å². The van der Waals surface area contributed by atoms with Crippen molar-refractivity contribution in [3.63, 3.8) is 0 Å². The number of carbonyl (C=O) groups is 1. The summed E-state index contributed by atoms with van der Waals surface area (Å²) in [6, 6.07) is 18.5. The summed E-state index contributed by atoms with van der Waals surface area (Å²) in [6.07, 6.45) is 0. The van der Waals surface area contributed by atoms with Crippen LogP contribution in [0.1, 0.15) is 21.7 Å². The SMILES string of the molecule is Cc1cc(C(=O)CSc2nnnn2-c2ccc(O)cc2)c(C)n1-c1ccccc1. The number of Topliss-reactive ketones (excluding diaryl/α,β-unsaturated/α-hetero) is 1. The molecule has 7 nitrogen and oxygen atoms in total. The van der Waals surface area contributed by atoms with Gasteiger partial charge in [-0.2, -0.15) is 4.68 Å². The molecule has 0 bridgehead atoms. The van der Waals surface area contributed by atoms with Crippen molar-refractivity contribution in [2.45, 2.75) is 19.0 Å². The minimum atomic E-state index is 0.0190. The Morgan fingerprint density at radius 3 is 2.48 bits per heavy atom. The second kappa shape index (κ2) is 7.92. The molecular weight excluding hydrogens is 386 g/mol. The van der Waals surface area contributed by atoms with Crippen molar-refractivity contribution in [2.75, 3.05) is 5.75 Å². The van der Waals surface area contributed by atoms with Gasteiger partial charge in [-0.3, -0.25) is 4.79 Å². The fourth-order valence-corrected chi connectivity index (χ4v) is 4.03. The maximum absolute atomic E-state index is 12.9. The molecule has 4 aromatic rings. The van der Waals surface area contributed by atoms with E-state index < -0.39 is 0 Å². The number of aryl methyl sites for hydroxylation is 1. The van der Waals surface area contributed by atoms with Gasteiger partial charge in [-0.1, -0.05) is 30.0 Å². The Bertz CT molecular complexity index is 1150. The van der Waals surface area contributed by atoms with Crippen molar-refractivity contribution in [3.8, 4) is 17.1 Å². The smallest absolute Gasteiger partial charge is 0.214 e. The van der Waals surface area contributed by atoms with Gasteiger partial charge in [-0.25, -0.2) is 0 Å². The van der Waals surface area contributed by atoms with Crippen LogP contribution in [-0.2, 0) is 0 Å². The van der Waals surface area contributed by atoms with Gasteiger partial charge in [0.15, 0.2) is 5.78 Å². The van der Waals surface area contributed by atoms with Gasteiger partial charge < -0.3 is 9.67 Å². The molecular formula is C21H19N5O2S. The number of phenolic OH excluding ortho intramolecular Hbond substituents is 1. The molecule has 0 aliphatic carbocycles. The van der Waals surface area contributed by atoms with Crippen molar-refractivity contribution in [2.24, 2.45) is 0 Å². The summed E-state index contributed by atoms with van der Waals surface area (Å²) >= 11 is 1.28. The first-order valence-corrected chi connectivity index (χ1v) is 10.0. The Hall–Kier alpha value is -3.39. The van der Waals surface area contributed by atoms with Crippen molar-refractivity contribution in [1.29, 1.82) is 0 Å². The van der Waals surface area contributed by atoms with E-state index in [1.807, 2.05) is 50.2 Å². The standard InChI is InChI=1S/C21H19N5O2S/c1-14-12-19(15(2)25(14)16-6-4-3-5-7-16)20(28)13-29-21-22-23-24-26(21)17-8-10-18(27)11-9-17/h3-12,27H,13H2,1-2H3. The minimum absolute atomic E-state index is 0.0190.